The zero-order valence-corrected chi connectivity index (χ0v) is 23.6. The molecule has 0 aromatic heterocycles. The number of nitrogens with one attached hydrogen (secondary N) is 1. The van der Waals surface area contributed by atoms with Crippen LogP contribution in [0.2, 0.25) is 0 Å². The van der Waals surface area contributed by atoms with Crippen LogP contribution in [0.15, 0.2) is 71.6 Å². The zero-order valence-electron chi connectivity index (χ0n) is 22.0. The predicted octanol–water partition coefficient (Wildman–Crippen LogP) is 7.02. The van der Waals surface area contributed by atoms with Crippen LogP contribution < -0.4 is 5.32 Å². The molecule has 0 unspecified atom stereocenters. The van der Waals surface area contributed by atoms with Gasteiger partial charge in [0.25, 0.3) is 17.3 Å². The topological polar surface area (TPSA) is 119 Å². The highest BCUT2D eigenvalue weighted by Crippen LogP contribution is 2.58. The molecule has 2 aliphatic rings. The van der Waals surface area contributed by atoms with Crippen molar-refractivity contribution in [3.05, 3.63) is 104 Å². The number of anilines is 1. The van der Waals surface area contributed by atoms with Gasteiger partial charge in [0.2, 0.25) is 0 Å². The maximum Gasteiger partial charge on any atom is 0.282 e. The summed E-state index contributed by atoms with van der Waals surface area (Å²) >= 11 is 8.64. The third kappa shape index (κ3) is 5.13. The SMILES string of the molecule is CCN(CC)C(=O)c1ccc2c(c1)[C@@H]1[C@@H](Cl)[C@@H](Sc3ccccc3[N+](=O)[O-])C[C@H]1[C@H](c1ccc([N+](=O)[O-])cc1)N2. The van der Waals surface area contributed by atoms with E-state index in [2.05, 4.69) is 5.32 Å². The molecule has 1 fully saturated rings. The monoisotopic (exact) mass is 580 g/mol. The van der Waals surface area contributed by atoms with Crippen molar-refractivity contribution in [2.45, 2.75) is 47.8 Å². The minimum atomic E-state index is -0.422. The minimum Gasteiger partial charge on any atom is -0.378 e. The molecule has 40 heavy (non-hydrogen) atoms. The van der Waals surface area contributed by atoms with Crippen LogP contribution in [0.1, 0.15) is 53.7 Å². The highest BCUT2D eigenvalue weighted by Gasteiger charge is 2.50. The van der Waals surface area contributed by atoms with Crippen LogP contribution in [0, 0.1) is 26.1 Å². The van der Waals surface area contributed by atoms with E-state index in [-0.39, 0.29) is 50.7 Å². The van der Waals surface area contributed by atoms with Crippen molar-refractivity contribution < 1.29 is 14.6 Å². The van der Waals surface area contributed by atoms with Crippen LogP contribution in [0.5, 0.6) is 0 Å². The lowest BCUT2D eigenvalue weighted by Crippen LogP contribution is -2.33. The van der Waals surface area contributed by atoms with Crippen molar-refractivity contribution in [3.8, 4) is 0 Å². The number of alkyl halides is 1. The molecule has 1 amide bonds. The molecule has 0 radical (unpaired) electrons. The summed E-state index contributed by atoms with van der Waals surface area (Å²) < 4.78 is 0. The number of amides is 1. The van der Waals surface area contributed by atoms with E-state index in [1.165, 1.54) is 30.0 Å². The highest BCUT2D eigenvalue weighted by atomic mass is 35.5. The molecule has 208 valence electrons. The summed E-state index contributed by atoms with van der Waals surface area (Å²) in [6.07, 6.45) is 0.665. The number of carbonyl (C=O) groups is 1. The molecule has 1 N–H and O–H groups in total. The van der Waals surface area contributed by atoms with Crippen LogP contribution in [0.25, 0.3) is 0 Å². The van der Waals surface area contributed by atoms with E-state index in [9.17, 15) is 25.0 Å². The van der Waals surface area contributed by atoms with Gasteiger partial charge >= 0.3 is 0 Å². The Kier molecular flexibility index (Phi) is 8.00. The third-order valence-electron chi connectivity index (χ3n) is 7.91. The summed E-state index contributed by atoms with van der Waals surface area (Å²) in [5, 5.41) is 26.0. The number of fused-ring (bicyclic) bond motifs is 3. The Morgan fingerprint density at radius 3 is 2.38 bits per heavy atom. The summed E-state index contributed by atoms with van der Waals surface area (Å²) in [5.74, 6) is -0.185. The van der Waals surface area contributed by atoms with Gasteiger partial charge in [0, 0.05) is 53.7 Å². The lowest BCUT2D eigenvalue weighted by Gasteiger charge is -2.38. The quantitative estimate of drug-likeness (QED) is 0.173. The van der Waals surface area contributed by atoms with Gasteiger partial charge in [-0.1, -0.05) is 24.3 Å². The fourth-order valence-electron chi connectivity index (χ4n) is 5.95. The number of nitro groups is 2. The van der Waals surface area contributed by atoms with E-state index in [1.54, 1.807) is 35.2 Å². The largest absolute Gasteiger partial charge is 0.378 e. The van der Waals surface area contributed by atoms with Crippen molar-refractivity contribution in [2.75, 3.05) is 18.4 Å². The maximum absolute atomic E-state index is 13.2. The van der Waals surface area contributed by atoms with Crippen molar-refractivity contribution in [3.63, 3.8) is 0 Å². The van der Waals surface area contributed by atoms with E-state index in [1.807, 2.05) is 32.0 Å². The zero-order chi connectivity index (χ0) is 28.6. The molecular formula is C29H29ClN4O5S. The number of non-ortho nitro benzene ring substituents is 1. The Hall–Kier alpha value is -3.63. The average molecular weight is 581 g/mol. The third-order valence-corrected chi connectivity index (χ3v) is 10.0. The fraction of sp³-hybridized carbons (Fsp3) is 0.345. The molecule has 3 aromatic rings. The van der Waals surface area contributed by atoms with E-state index in [4.69, 9.17) is 11.6 Å². The number of hydrogen-bond donors (Lipinski definition) is 1. The molecule has 5 rings (SSSR count). The van der Waals surface area contributed by atoms with Gasteiger partial charge in [-0.25, -0.2) is 0 Å². The van der Waals surface area contributed by atoms with Crippen molar-refractivity contribution >= 4 is 46.3 Å². The number of thioether (sulfide) groups is 1. The first-order chi connectivity index (χ1) is 19.2. The predicted molar refractivity (Wildman–Crippen MR) is 156 cm³/mol. The van der Waals surface area contributed by atoms with Gasteiger partial charge in [0.15, 0.2) is 0 Å². The van der Waals surface area contributed by atoms with Crippen molar-refractivity contribution in [1.29, 1.82) is 0 Å². The molecule has 11 heteroatoms. The number of para-hydroxylation sites is 1. The number of hydrogen-bond acceptors (Lipinski definition) is 7. The van der Waals surface area contributed by atoms with E-state index < -0.39 is 4.92 Å². The van der Waals surface area contributed by atoms with Gasteiger partial charge in [-0.15, -0.1) is 23.4 Å². The first-order valence-electron chi connectivity index (χ1n) is 13.2. The summed E-state index contributed by atoms with van der Waals surface area (Å²) in [6, 6.07) is 18.7. The normalized spacial score (nSPS) is 23.0. The van der Waals surface area contributed by atoms with Crippen LogP contribution in [-0.4, -0.2) is 44.4 Å². The van der Waals surface area contributed by atoms with Crippen molar-refractivity contribution in [1.82, 2.24) is 4.90 Å². The molecular weight excluding hydrogens is 552 g/mol. The smallest absolute Gasteiger partial charge is 0.282 e. The molecule has 1 aliphatic carbocycles. The molecule has 0 spiro atoms. The molecule has 3 aromatic carbocycles. The average Bonchev–Trinajstić information content (AvgIpc) is 3.29. The first-order valence-corrected chi connectivity index (χ1v) is 14.5. The Morgan fingerprint density at radius 1 is 1.02 bits per heavy atom. The van der Waals surface area contributed by atoms with Gasteiger partial charge in [-0.2, -0.15) is 0 Å². The van der Waals surface area contributed by atoms with Crippen LogP contribution in [-0.2, 0) is 0 Å². The highest BCUT2D eigenvalue weighted by molar-refractivity contribution is 8.00. The summed E-state index contributed by atoms with van der Waals surface area (Å²) in [5.41, 5.74) is 3.37. The number of benzene rings is 3. The summed E-state index contributed by atoms with van der Waals surface area (Å²) in [4.78, 5) is 37.6. The van der Waals surface area contributed by atoms with Crippen LogP contribution >= 0.6 is 23.4 Å². The van der Waals surface area contributed by atoms with Crippen LogP contribution in [0.3, 0.4) is 0 Å². The van der Waals surface area contributed by atoms with E-state index in [0.29, 0.717) is 30.0 Å². The molecule has 1 aliphatic heterocycles. The Morgan fingerprint density at radius 2 is 1.73 bits per heavy atom. The second kappa shape index (κ2) is 11.5. The van der Waals surface area contributed by atoms with E-state index >= 15 is 0 Å². The Bertz CT molecular complexity index is 1450. The first kappa shape index (κ1) is 27.9. The lowest BCUT2D eigenvalue weighted by molar-refractivity contribution is -0.387. The molecule has 0 bridgehead atoms. The standard InChI is InChI=1S/C29H29ClN4O5S/c1-3-32(4-2)29(35)18-11-14-22-20(15-18)26-21(28(31-22)17-9-12-19(13-10-17)33(36)37)16-25(27(26)30)40-24-8-6-5-7-23(24)34(38)39/h5-15,21,25-28,31H,3-4,16H2,1-2H3/t21-,25+,26+,27+,28+/m1/s1. The molecule has 9 nitrogen and oxygen atoms in total. The van der Waals surface area contributed by atoms with Crippen molar-refractivity contribution in [2.24, 2.45) is 5.92 Å². The number of halogens is 1. The molecule has 1 heterocycles. The minimum absolute atomic E-state index is 0.00414. The number of nitrogens with zero attached hydrogens (tertiary/aromatic N) is 3. The number of carbonyl (C=O) groups excluding carboxylic acids is 1. The van der Waals surface area contributed by atoms with Gasteiger partial charge in [0.05, 0.1) is 26.2 Å². The molecule has 0 saturated heterocycles. The number of rotatable bonds is 8. The van der Waals surface area contributed by atoms with Gasteiger partial charge < -0.3 is 10.2 Å². The second-order valence-corrected chi connectivity index (χ2v) is 11.8. The summed E-state index contributed by atoms with van der Waals surface area (Å²) in [6.45, 7) is 5.10. The maximum atomic E-state index is 13.2. The Labute approximate surface area is 241 Å². The van der Waals surface area contributed by atoms with Gasteiger partial charge in [0.1, 0.15) is 0 Å². The molecule has 1 saturated carbocycles. The van der Waals surface area contributed by atoms with E-state index in [0.717, 1.165) is 16.8 Å². The summed E-state index contributed by atoms with van der Waals surface area (Å²) in [7, 11) is 0. The van der Waals surface area contributed by atoms with Gasteiger partial charge in [-0.3, -0.25) is 25.0 Å². The van der Waals surface area contributed by atoms with Gasteiger partial charge in [-0.05, 0) is 61.6 Å². The van der Waals surface area contributed by atoms with Crippen LogP contribution in [0.4, 0.5) is 17.1 Å². The Balaban J connectivity index is 1.55. The fourth-order valence-corrected chi connectivity index (χ4v) is 7.89. The second-order valence-electron chi connectivity index (χ2n) is 10.0. The lowest BCUT2D eigenvalue weighted by atomic mass is 9.76. The molecule has 5 atom stereocenters. The number of nitro benzene ring substituents is 2.